The van der Waals surface area contributed by atoms with Crippen molar-refractivity contribution in [3.63, 3.8) is 0 Å². The molecule has 0 saturated carbocycles. The summed E-state index contributed by atoms with van der Waals surface area (Å²) < 4.78 is 5.58. The average Bonchev–Trinajstić information content (AvgIpc) is 3.03. The van der Waals surface area contributed by atoms with Crippen molar-refractivity contribution in [3.05, 3.63) is 51.5 Å². The van der Waals surface area contributed by atoms with Crippen LogP contribution in [0.15, 0.2) is 34.3 Å². The Balaban J connectivity index is 1.86. The number of carbonyl (C=O) groups excluding carboxylic acids is 2. The van der Waals surface area contributed by atoms with Crippen molar-refractivity contribution in [1.82, 2.24) is 10.6 Å². The van der Waals surface area contributed by atoms with E-state index in [9.17, 15) is 9.59 Å². The predicted octanol–water partition coefficient (Wildman–Crippen LogP) is 4.23. The molecule has 30 heavy (non-hydrogen) atoms. The Morgan fingerprint density at radius 3 is 2.20 bits per heavy atom. The minimum Gasteiger partial charge on any atom is -0.481 e. The summed E-state index contributed by atoms with van der Waals surface area (Å²) in [5.74, 6) is 0.117. The summed E-state index contributed by atoms with van der Waals surface area (Å²) in [7, 11) is 1.61. The van der Waals surface area contributed by atoms with Crippen LogP contribution < -0.4 is 10.6 Å². The first-order chi connectivity index (χ1) is 14.0. The highest BCUT2D eigenvalue weighted by atomic mass is 16.5. The normalized spacial score (nSPS) is 24.5. The Labute approximate surface area is 177 Å². The van der Waals surface area contributed by atoms with E-state index in [-0.39, 0.29) is 16.5 Å². The van der Waals surface area contributed by atoms with Gasteiger partial charge in [-0.2, -0.15) is 0 Å². The molecule has 0 bridgehead atoms. The van der Waals surface area contributed by atoms with Crippen LogP contribution in [0.4, 0.5) is 4.79 Å². The SMILES string of the molecule is COC1=C(c2cc3c(cc2C)C(C)(C)CCC3(C)C)CC(=C2NC(=O)NC2=O)C=N1. The maximum atomic E-state index is 12.1. The van der Waals surface area contributed by atoms with Gasteiger partial charge in [-0.15, -0.1) is 0 Å². The largest absolute Gasteiger partial charge is 0.481 e. The number of rotatable bonds is 2. The van der Waals surface area contributed by atoms with E-state index in [4.69, 9.17) is 4.74 Å². The van der Waals surface area contributed by atoms with Crippen molar-refractivity contribution in [2.45, 2.75) is 64.7 Å². The molecule has 6 heteroatoms. The van der Waals surface area contributed by atoms with Crippen molar-refractivity contribution in [2.75, 3.05) is 7.11 Å². The van der Waals surface area contributed by atoms with Gasteiger partial charge < -0.3 is 10.1 Å². The Hall–Kier alpha value is -2.89. The summed E-state index contributed by atoms with van der Waals surface area (Å²) in [5.41, 5.74) is 7.07. The van der Waals surface area contributed by atoms with E-state index < -0.39 is 11.9 Å². The summed E-state index contributed by atoms with van der Waals surface area (Å²) in [6.45, 7) is 11.3. The Morgan fingerprint density at radius 2 is 1.63 bits per heavy atom. The number of methoxy groups -OCH3 is 1. The van der Waals surface area contributed by atoms with Gasteiger partial charge in [0.1, 0.15) is 5.70 Å². The Bertz CT molecular complexity index is 1060. The summed E-state index contributed by atoms with van der Waals surface area (Å²) in [6, 6.07) is 4.09. The summed E-state index contributed by atoms with van der Waals surface area (Å²) in [4.78, 5) is 28.2. The summed E-state index contributed by atoms with van der Waals surface area (Å²) in [6.07, 6.45) is 4.35. The first kappa shape index (κ1) is 20.4. The first-order valence-electron chi connectivity index (χ1n) is 10.4. The minimum absolute atomic E-state index is 0.0830. The third-order valence-electron chi connectivity index (χ3n) is 6.69. The van der Waals surface area contributed by atoms with Gasteiger partial charge in [-0.1, -0.05) is 39.8 Å². The molecular formula is C24H29N3O3. The monoisotopic (exact) mass is 407 g/mol. The van der Waals surface area contributed by atoms with Gasteiger partial charge in [0.2, 0.25) is 5.88 Å². The number of aliphatic imine (C=N–C) groups is 1. The topological polar surface area (TPSA) is 79.8 Å². The minimum atomic E-state index is -0.507. The van der Waals surface area contributed by atoms with Crippen molar-refractivity contribution < 1.29 is 14.3 Å². The van der Waals surface area contributed by atoms with Crippen LogP contribution in [0.2, 0.25) is 0 Å². The van der Waals surface area contributed by atoms with E-state index in [2.05, 4.69) is 62.4 Å². The van der Waals surface area contributed by atoms with Crippen LogP contribution in [0.3, 0.4) is 0 Å². The van der Waals surface area contributed by atoms with Crippen LogP contribution in [0, 0.1) is 6.92 Å². The molecule has 3 amide bonds. The number of urea groups is 1. The molecule has 158 valence electrons. The third-order valence-corrected chi connectivity index (χ3v) is 6.69. The Kier molecular flexibility index (Phi) is 4.64. The molecule has 1 aromatic rings. The molecule has 0 atom stereocenters. The van der Waals surface area contributed by atoms with Gasteiger partial charge in [0, 0.05) is 23.8 Å². The number of fused-ring (bicyclic) bond motifs is 1. The van der Waals surface area contributed by atoms with E-state index in [0.717, 1.165) is 29.5 Å². The molecule has 4 rings (SSSR count). The quantitative estimate of drug-likeness (QED) is 0.569. The fourth-order valence-electron chi connectivity index (χ4n) is 4.71. The zero-order valence-corrected chi connectivity index (χ0v) is 18.5. The fourth-order valence-corrected chi connectivity index (χ4v) is 4.71. The van der Waals surface area contributed by atoms with Crippen LogP contribution >= 0.6 is 0 Å². The standard InChI is InChI=1S/C24H29N3O3/c1-13-9-17-18(24(4,5)8-7-23(17,2)3)11-15(13)16-10-14(12-25-21(16)30-6)19-20(28)27-22(29)26-19/h9,11-12H,7-8,10H2,1-6H3,(H2,26,27,28,29). The van der Waals surface area contributed by atoms with Gasteiger partial charge in [0.05, 0.1) is 7.11 Å². The molecule has 2 aliphatic heterocycles. The van der Waals surface area contributed by atoms with Crippen molar-refractivity contribution >= 4 is 23.7 Å². The number of nitrogens with zero attached hydrogens (tertiary/aromatic N) is 1. The number of ether oxygens (including phenoxy) is 1. The molecule has 0 radical (unpaired) electrons. The summed E-state index contributed by atoms with van der Waals surface area (Å²) in [5, 5.41) is 4.85. The van der Waals surface area contributed by atoms with Gasteiger partial charge >= 0.3 is 6.03 Å². The smallest absolute Gasteiger partial charge is 0.326 e. The van der Waals surface area contributed by atoms with Crippen LogP contribution in [0.1, 0.15) is 69.2 Å². The highest BCUT2D eigenvalue weighted by Crippen LogP contribution is 2.48. The van der Waals surface area contributed by atoms with Gasteiger partial charge in [0.25, 0.3) is 5.91 Å². The zero-order valence-electron chi connectivity index (χ0n) is 18.5. The lowest BCUT2D eigenvalue weighted by Gasteiger charge is -2.42. The van der Waals surface area contributed by atoms with Gasteiger partial charge in [0.15, 0.2) is 0 Å². The number of amides is 3. The molecular weight excluding hydrogens is 378 g/mol. The van der Waals surface area contributed by atoms with E-state index in [1.165, 1.54) is 11.1 Å². The maximum absolute atomic E-state index is 12.1. The van der Waals surface area contributed by atoms with E-state index in [1.807, 2.05) is 0 Å². The lowest BCUT2D eigenvalue weighted by Crippen LogP contribution is -2.34. The first-order valence-corrected chi connectivity index (χ1v) is 10.4. The highest BCUT2D eigenvalue weighted by molar-refractivity contribution is 6.14. The van der Waals surface area contributed by atoms with E-state index >= 15 is 0 Å². The van der Waals surface area contributed by atoms with Gasteiger partial charge in [-0.05, 0) is 52.8 Å². The van der Waals surface area contributed by atoms with Crippen LogP contribution in [0.5, 0.6) is 0 Å². The lowest BCUT2D eigenvalue weighted by molar-refractivity contribution is -0.115. The molecule has 1 aliphatic carbocycles. The number of nitrogens with one attached hydrogen (secondary N) is 2. The number of hydrogen-bond donors (Lipinski definition) is 2. The van der Waals surface area contributed by atoms with Crippen LogP contribution in [0.25, 0.3) is 5.57 Å². The maximum Gasteiger partial charge on any atom is 0.326 e. The lowest BCUT2D eigenvalue weighted by atomic mass is 9.62. The van der Waals surface area contributed by atoms with Crippen molar-refractivity contribution in [3.8, 4) is 0 Å². The van der Waals surface area contributed by atoms with Crippen LogP contribution in [-0.2, 0) is 20.4 Å². The van der Waals surface area contributed by atoms with E-state index in [1.54, 1.807) is 13.3 Å². The molecule has 1 saturated heterocycles. The molecule has 1 aromatic carbocycles. The Morgan fingerprint density at radius 1 is 1.00 bits per heavy atom. The van der Waals surface area contributed by atoms with Gasteiger partial charge in [-0.3, -0.25) is 10.1 Å². The number of aryl methyl sites for hydroxylation is 1. The number of imide groups is 1. The molecule has 6 nitrogen and oxygen atoms in total. The summed E-state index contributed by atoms with van der Waals surface area (Å²) >= 11 is 0. The second-order valence-corrected chi connectivity index (χ2v) is 9.71. The van der Waals surface area contributed by atoms with Crippen molar-refractivity contribution in [2.24, 2.45) is 4.99 Å². The molecule has 3 aliphatic rings. The number of benzene rings is 1. The second-order valence-electron chi connectivity index (χ2n) is 9.71. The highest BCUT2D eigenvalue weighted by Gasteiger charge is 2.38. The molecule has 0 spiro atoms. The predicted molar refractivity (Wildman–Crippen MR) is 117 cm³/mol. The van der Waals surface area contributed by atoms with Crippen molar-refractivity contribution in [1.29, 1.82) is 0 Å². The number of carbonyl (C=O) groups is 2. The molecule has 0 aromatic heterocycles. The van der Waals surface area contributed by atoms with E-state index in [0.29, 0.717) is 17.9 Å². The zero-order chi connectivity index (χ0) is 21.8. The van der Waals surface area contributed by atoms with Crippen LogP contribution in [-0.4, -0.2) is 25.3 Å². The molecule has 2 N–H and O–H groups in total. The molecule has 0 unspecified atom stereocenters. The number of allylic oxidation sites excluding steroid dienone is 2. The molecule has 1 fully saturated rings. The van der Waals surface area contributed by atoms with Gasteiger partial charge in [-0.25, -0.2) is 9.79 Å². The second kappa shape index (κ2) is 6.83. The number of hydrogen-bond acceptors (Lipinski definition) is 4. The fraction of sp³-hybridized carbons (Fsp3) is 0.458. The average molecular weight is 408 g/mol. The molecule has 2 heterocycles. The third kappa shape index (κ3) is 3.24.